The number of anilines is 1. The van der Waals surface area contributed by atoms with Gasteiger partial charge in [0.05, 0.1) is 12.9 Å². The molecule has 0 radical (unpaired) electrons. The molecule has 0 bridgehead atoms. The van der Waals surface area contributed by atoms with E-state index in [2.05, 4.69) is 16.6 Å². The van der Waals surface area contributed by atoms with Gasteiger partial charge in [0, 0.05) is 28.9 Å². The van der Waals surface area contributed by atoms with Crippen LogP contribution in [0.4, 0.5) is 5.69 Å². The van der Waals surface area contributed by atoms with Crippen molar-refractivity contribution in [3.8, 4) is 5.75 Å². The highest BCUT2D eigenvalue weighted by atomic mass is 35.5. The fourth-order valence-electron chi connectivity index (χ4n) is 2.33. The maximum absolute atomic E-state index is 12.1. The Morgan fingerprint density at radius 2 is 1.93 bits per heavy atom. The van der Waals surface area contributed by atoms with Crippen LogP contribution >= 0.6 is 11.6 Å². The van der Waals surface area contributed by atoms with Crippen LogP contribution in [0.1, 0.15) is 11.1 Å². The third kappa shape index (κ3) is 6.84. The Labute approximate surface area is 169 Å². The Balaban J connectivity index is 1.99. The Bertz CT molecular complexity index is 970. The second-order valence-corrected chi connectivity index (χ2v) is 8.05. The molecule has 2 aromatic carbocycles. The number of ether oxygens (including phenoxy) is 1. The molecule has 0 fully saturated rings. The van der Waals surface area contributed by atoms with E-state index in [-0.39, 0.29) is 18.2 Å². The zero-order valence-electron chi connectivity index (χ0n) is 15.3. The molecule has 2 N–H and O–H groups in total. The summed E-state index contributed by atoms with van der Waals surface area (Å²) < 4.78 is 31.4. The number of hydrogen-bond acceptors (Lipinski definition) is 4. The molecular formula is C20H21ClN2O4S. The zero-order valence-corrected chi connectivity index (χ0v) is 16.9. The normalized spacial score (nSPS) is 11.4. The lowest BCUT2D eigenvalue weighted by Gasteiger charge is -2.07. The van der Waals surface area contributed by atoms with E-state index in [0.29, 0.717) is 27.6 Å². The Hall–Kier alpha value is -2.61. The minimum absolute atomic E-state index is 0.149. The van der Waals surface area contributed by atoms with E-state index in [0.717, 1.165) is 0 Å². The summed E-state index contributed by atoms with van der Waals surface area (Å²) in [5.74, 6) is 0.114. The van der Waals surface area contributed by atoms with Gasteiger partial charge in [0.15, 0.2) is 0 Å². The number of sulfonamides is 1. The van der Waals surface area contributed by atoms with Crippen LogP contribution in [0.3, 0.4) is 0 Å². The van der Waals surface area contributed by atoms with Crippen LogP contribution in [-0.4, -0.2) is 28.0 Å². The monoisotopic (exact) mass is 420 g/mol. The lowest BCUT2D eigenvalue weighted by molar-refractivity contribution is -0.111. The van der Waals surface area contributed by atoms with Gasteiger partial charge in [0.1, 0.15) is 5.75 Å². The van der Waals surface area contributed by atoms with Gasteiger partial charge >= 0.3 is 0 Å². The van der Waals surface area contributed by atoms with Gasteiger partial charge in [-0.25, -0.2) is 13.1 Å². The van der Waals surface area contributed by atoms with E-state index < -0.39 is 10.0 Å². The number of rotatable bonds is 9. The highest BCUT2D eigenvalue weighted by Crippen LogP contribution is 2.23. The maximum Gasteiger partial charge on any atom is 0.248 e. The molecular weight excluding hydrogens is 400 g/mol. The molecule has 0 aliphatic carbocycles. The van der Waals surface area contributed by atoms with Crippen molar-refractivity contribution in [3.63, 3.8) is 0 Å². The van der Waals surface area contributed by atoms with Crippen molar-refractivity contribution in [2.75, 3.05) is 19.0 Å². The average Bonchev–Trinajstić information content (AvgIpc) is 2.66. The summed E-state index contributed by atoms with van der Waals surface area (Å²) in [6, 6.07) is 11.7. The maximum atomic E-state index is 12.1. The molecule has 2 aromatic rings. The molecule has 0 aliphatic rings. The van der Waals surface area contributed by atoms with Gasteiger partial charge in [-0.1, -0.05) is 29.8 Å². The van der Waals surface area contributed by atoms with Gasteiger partial charge in [0.25, 0.3) is 0 Å². The predicted octanol–water partition coefficient (Wildman–Crippen LogP) is 3.61. The molecule has 148 valence electrons. The second kappa shape index (κ2) is 10.1. The predicted molar refractivity (Wildman–Crippen MR) is 113 cm³/mol. The first kappa shape index (κ1) is 21.7. The molecule has 0 atom stereocenters. The van der Waals surface area contributed by atoms with Gasteiger partial charge in [-0.3, -0.25) is 4.79 Å². The third-order valence-corrected chi connectivity index (χ3v) is 5.19. The molecule has 0 saturated carbocycles. The van der Waals surface area contributed by atoms with Crippen LogP contribution in [0.5, 0.6) is 5.75 Å². The van der Waals surface area contributed by atoms with Crippen molar-refractivity contribution in [1.29, 1.82) is 0 Å². The summed E-state index contributed by atoms with van der Waals surface area (Å²) in [6.45, 7) is 3.65. The van der Waals surface area contributed by atoms with Crippen LogP contribution in [0, 0.1) is 0 Å². The van der Waals surface area contributed by atoms with Crippen molar-refractivity contribution in [2.24, 2.45) is 0 Å². The molecule has 6 nitrogen and oxygen atoms in total. The smallest absolute Gasteiger partial charge is 0.248 e. The first-order valence-electron chi connectivity index (χ1n) is 8.33. The Morgan fingerprint density at radius 1 is 1.21 bits per heavy atom. The standard InChI is InChI=1S/C20H21ClN2O4S/c1-3-12-22-28(25,26)14-15-4-8-18(9-5-15)23-20(24)11-6-16-13-17(21)7-10-19(16)27-2/h3-11,13,22H,1,12,14H2,2H3,(H,23,24)/b11-6+. The van der Waals surface area contributed by atoms with Crippen molar-refractivity contribution >= 4 is 39.3 Å². The molecule has 0 spiro atoms. The second-order valence-electron chi connectivity index (χ2n) is 5.80. The lowest BCUT2D eigenvalue weighted by atomic mass is 10.2. The summed E-state index contributed by atoms with van der Waals surface area (Å²) in [5.41, 5.74) is 1.83. The summed E-state index contributed by atoms with van der Waals surface area (Å²) in [4.78, 5) is 12.1. The molecule has 1 amide bonds. The van der Waals surface area contributed by atoms with Gasteiger partial charge in [0.2, 0.25) is 15.9 Å². The molecule has 28 heavy (non-hydrogen) atoms. The SMILES string of the molecule is C=CCNS(=O)(=O)Cc1ccc(NC(=O)/C=C/c2cc(Cl)ccc2OC)cc1. The van der Waals surface area contributed by atoms with Crippen LogP contribution in [-0.2, 0) is 20.6 Å². The molecule has 0 saturated heterocycles. The van der Waals surface area contributed by atoms with E-state index in [4.69, 9.17) is 16.3 Å². The largest absolute Gasteiger partial charge is 0.496 e. The summed E-state index contributed by atoms with van der Waals surface area (Å²) in [5, 5.41) is 3.25. The first-order chi connectivity index (χ1) is 13.3. The molecule has 0 heterocycles. The minimum Gasteiger partial charge on any atom is -0.496 e. The van der Waals surface area contributed by atoms with Gasteiger partial charge in [-0.15, -0.1) is 6.58 Å². The number of nitrogens with one attached hydrogen (secondary N) is 2. The molecule has 0 aromatic heterocycles. The highest BCUT2D eigenvalue weighted by Gasteiger charge is 2.10. The van der Waals surface area contributed by atoms with Crippen LogP contribution < -0.4 is 14.8 Å². The fourth-order valence-corrected chi connectivity index (χ4v) is 3.61. The molecule has 0 unspecified atom stereocenters. The Morgan fingerprint density at radius 3 is 2.57 bits per heavy atom. The van der Waals surface area contributed by atoms with E-state index >= 15 is 0 Å². The number of methoxy groups -OCH3 is 1. The molecule has 0 aliphatic heterocycles. The number of benzene rings is 2. The molecule has 8 heteroatoms. The summed E-state index contributed by atoms with van der Waals surface area (Å²) >= 11 is 5.97. The number of carbonyl (C=O) groups excluding carboxylic acids is 1. The van der Waals surface area contributed by atoms with Crippen molar-refractivity contribution < 1.29 is 17.9 Å². The lowest BCUT2D eigenvalue weighted by Crippen LogP contribution is -2.25. The highest BCUT2D eigenvalue weighted by molar-refractivity contribution is 7.88. The van der Waals surface area contributed by atoms with Crippen LogP contribution in [0.25, 0.3) is 6.08 Å². The Kier molecular flexibility index (Phi) is 7.80. The van der Waals surface area contributed by atoms with E-state index in [1.165, 1.54) is 19.3 Å². The third-order valence-electron chi connectivity index (χ3n) is 3.63. The average molecular weight is 421 g/mol. The van der Waals surface area contributed by atoms with Gasteiger partial charge in [-0.2, -0.15) is 0 Å². The fraction of sp³-hybridized carbons (Fsp3) is 0.150. The van der Waals surface area contributed by atoms with Gasteiger partial charge < -0.3 is 10.1 Å². The number of hydrogen-bond donors (Lipinski definition) is 2. The van der Waals surface area contributed by atoms with E-state index in [1.807, 2.05) is 0 Å². The summed E-state index contributed by atoms with van der Waals surface area (Å²) in [7, 11) is -1.89. The topological polar surface area (TPSA) is 84.5 Å². The van der Waals surface area contributed by atoms with Crippen molar-refractivity contribution in [1.82, 2.24) is 4.72 Å². The minimum atomic E-state index is -3.42. The van der Waals surface area contributed by atoms with Crippen LogP contribution in [0.15, 0.2) is 61.2 Å². The van der Waals surface area contributed by atoms with Crippen LogP contribution in [0.2, 0.25) is 5.02 Å². The number of halogens is 1. The zero-order chi connectivity index (χ0) is 20.6. The van der Waals surface area contributed by atoms with Gasteiger partial charge in [-0.05, 0) is 42.0 Å². The quantitative estimate of drug-likeness (QED) is 0.479. The summed E-state index contributed by atoms with van der Waals surface area (Å²) in [6.07, 6.45) is 4.45. The number of amides is 1. The first-order valence-corrected chi connectivity index (χ1v) is 10.4. The molecule has 2 rings (SSSR count). The van der Waals surface area contributed by atoms with Crippen molar-refractivity contribution in [3.05, 3.63) is 77.3 Å². The van der Waals surface area contributed by atoms with E-state index in [9.17, 15) is 13.2 Å². The number of carbonyl (C=O) groups is 1. The van der Waals surface area contributed by atoms with E-state index in [1.54, 1.807) is 48.5 Å². The van der Waals surface area contributed by atoms with Crippen molar-refractivity contribution in [2.45, 2.75) is 5.75 Å².